The molecule has 0 atom stereocenters. The molecule has 0 heterocycles. The molecule has 2 aromatic carbocycles. The summed E-state index contributed by atoms with van der Waals surface area (Å²) in [7, 11) is 0. The van der Waals surface area contributed by atoms with Crippen molar-refractivity contribution in [2.75, 3.05) is 18.4 Å². The molecule has 3 N–H and O–H groups in total. The summed E-state index contributed by atoms with van der Waals surface area (Å²) in [5.74, 6) is 0.276. The third-order valence-electron chi connectivity index (χ3n) is 3.24. The number of anilines is 1. The number of hydrogen-bond donors (Lipinski definition) is 3. The van der Waals surface area contributed by atoms with Crippen molar-refractivity contribution in [3.05, 3.63) is 36.4 Å². The first-order chi connectivity index (χ1) is 10.9. The van der Waals surface area contributed by atoms with E-state index in [1.807, 2.05) is 51.1 Å². The van der Waals surface area contributed by atoms with Crippen molar-refractivity contribution in [1.29, 1.82) is 0 Å². The molecule has 0 fully saturated rings. The highest BCUT2D eigenvalue weighted by atomic mass is 16.6. The van der Waals surface area contributed by atoms with Gasteiger partial charge in [0.2, 0.25) is 0 Å². The number of aromatic hydroxyl groups is 1. The van der Waals surface area contributed by atoms with Crippen molar-refractivity contribution in [2.45, 2.75) is 32.8 Å². The molecule has 1 amide bonds. The van der Waals surface area contributed by atoms with Gasteiger partial charge in [-0.1, -0.05) is 24.3 Å². The number of nitrogens with one attached hydrogen (secondary N) is 2. The maximum atomic E-state index is 11.5. The number of rotatable bonds is 5. The average molecular weight is 316 g/mol. The lowest BCUT2D eigenvalue weighted by atomic mass is 10.1. The molecular formula is C18H24N2O3. The van der Waals surface area contributed by atoms with Crippen LogP contribution in [-0.4, -0.2) is 29.9 Å². The number of carbonyl (C=O) groups excluding carboxylic acids is 1. The van der Waals surface area contributed by atoms with E-state index in [2.05, 4.69) is 10.6 Å². The molecule has 0 aliphatic heterocycles. The average Bonchev–Trinajstić information content (AvgIpc) is 2.46. The number of ether oxygens (including phenoxy) is 1. The Bertz CT molecular complexity index is 678. The highest BCUT2D eigenvalue weighted by Crippen LogP contribution is 2.29. The van der Waals surface area contributed by atoms with Crippen LogP contribution in [0, 0.1) is 0 Å². The molecule has 124 valence electrons. The molecule has 0 bridgehead atoms. The van der Waals surface area contributed by atoms with Crippen LogP contribution in [0.3, 0.4) is 0 Å². The lowest BCUT2D eigenvalue weighted by Gasteiger charge is -2.19. The summed E-state index contributed by atoms with van der Waals surface area (Å²) in [6.07, 6.45) is 0.377. The van der Waals surface area contributed by atoms with Gasteiger partial charge in [-0.2, -0.15) is 0 Å². The summed E-state index contributed by atoms with van der Waals surface area (Å²) in [6, 6.07) is 11.2. The van der Waals surface area contributed by atoms with E-state index in [0.29, 0.717) is 13.1 Å². The van der Waals surface area contributed by atoms with Crippen molar-refractivity contribution in [2.24, 2.45) is 0 Å². The van der Waals surface area contributed by atoms with Crippen LogP contribution < -0.4 is 10.6 Å². The lowest BCUT2D eigenvalue weighted by molar-refractivity contribution is 0.0528. The molecule has 23 heavy (non-hydrogen) atoms. The molecule has 0 aliphatic carbocycles. The minimum atomic E-state index is -0.479. The molecule has 0 saturated carbocycles. The summed E-state index contributed by atoms with van der Waals surface area (Å²) in [5.41, 5.74) is 0.489. The predicted octanol–water partition coefficient (Wildman–Crippen LogP) is 3.87. The van der Waals surface area contributed by atoms with E-state index in [1.54, 1.807) is 6.07 Å². The first-order valence-electron chi connectivity index (χ1n) is 7.78. The predicted molar refractivity (Wildman–Crippen MR) is 93.0 cm³/mol. The quantitative estimate of drug-likeness (QED) is 0.732. The second-order valence-corrected chi connectivity index (χ2v) is 6.39. The number of phenols is 1. The fourth-order valence-electron chi connectivity index (χ4n) is 2.26. The Hall–Kier alpha value is -2.43. The van der Waals surface area contributed by atoms with Crippen LogP contribution in [0.4, 0.5) is 10.5 Å². The van der Waals surface area contributed by atoms with Gasteiger partial charge in [-0.05, 0) is 39.3 Å². The van der Waals surface area contributed by atoms with Crippen molar-refractivity contribution in [3.63, 3.8) is 0 Å². The molecule has 5 heteroatoms. The molecule has 2 rings (SSSR count). The van der Waals surface area contributed by atoms with E-state index < -0.39 is 11.7 Å². The molecule has 5 nitrogen and oxygen atoms in total. The number of carbonyl (C=O) groups is 1. The molecular weight excluding hydrogens is 292 g/mol. The normalized spacial score (nSPS) is 11.3. The van der Waals surface area contributed by atoms with Crippen molar-refractivity contribution in [3.8, 4) is 5.75 Å². The van der Waals surface area contributed by atoms with Crippen molar-refractivity contribution in [1.82, 2.24) is 5.32 Å². The van der Waals surface area contributed by atoms with Crippen LogP contribution in [0.2, 0.25) is 0 Å². The Morgan fingerprint density at radius 1 is 1.09 bits per heavy atom. The third kappa shape index (κ3) is 5.06. The fourth-order valence-corrected chi connectivity index (χ4v) is 2.26. The number of benzene rings is 2. The van der Waals surface area contributed by atoms with Crippen molar-refractivity contribution < 1.29 is 14.6 Å². The van der Waals surface area contributed by atoms with Gasteiger partial charge in [0.1, 0.15) is 11.4 Å². The fraction of sp³-hybridized carbons (Fsp3) is 0.389. The van der Waals surface area contributed by atoms with E-state index >= 15 is 0 Å². The van der Waals surface area contributed by atoms with E-state index in [0.717, 1.165) is 22.9 Å². The van der Waals surface area contributed by atoms with Crippen LogP contribution >= 0.6 is 0 Å². The minimum Gasteiger partial charge on any atom is -0.507 e. The third-order valence-corrected chi connectivity index (χ3v) is 3.24. The Balaban J connectivity index is 1.81. The first-order valence-corrected chi connectivity index (χ1v) is 7.78. The molecule has 0 radical (unpaired) electrons. The van der Waals surface area contributed by atoms with Gasteiger partial charge in [0, 0.05) is 29.5 Å². The van der Waals surface area contributed by atoms with Gasteiger partial charge in [-0.15, -0.1) is 0 Å². The van der Waals surface area contributed by atoms with Gasteiger partial charge >= 0.3 is 6.09 Å². The van der Waals surface area contributed by atoms with Crippen molar-refractivity contribution >= 4 is 22.6 Å². The zero-order chi connectivity index (χ0) is 16.9. The first kappa shape index (κ1) is 16.9. The highest BCUT2D eigenvalue weighted by molar-refractivity contribution is 5.97. The zero-order valence-electron chi connectivity index (χ0n) is 13.8. The Kier molecular flexibility index (Phi) is 5.32. The SMILES string of the molecule is CC(C)(C)OC(=O)NCCCNc1cccc2c(O)cccc12. The van der Waals surface area contributed by atoms with Gasteiger partial charge in [0.05, 0.1) is 0 Å². The summed E-state index contributed by atoms with van der Waals surface area (Å²) >= 11 is 0. The topological polar surface area (TPSA) is 70.6 Å². The smallest absolute Gasteiger partial charge is 0.407 e. The van der Waals surface area contributed by atoms with Gasteiger partial charge in [0.25, 0.3) is 0 Å². The summed E-state index contributed by atoms with van der Waals surface area (Å²) in [6.45, 7) is 6.76. The summed E-state index contributed by atoms with van der Waals surface area (Å²) in [4.78, 5) is 11.5. The van der Waals surface area contributed by atoms with Gasteiger partial charge in [-0.3, -0.25) is 0 Å². The van der Waals surface area contributed by atoms with Crippen LogP contribution in [0.5, 0.6) is 5.75 Å². The summed E-state index contributed by atoms with van der Waals surface area (Å²) < 4.78 is 5.18. The maximum absolute atomic E-state index is 11.5. The number of amides is 1. The second-order valence-electron chi connectivity index (χ2n) is 6.39. The molecule has 0 spiro atoms. The Morgan fingerprint density at radius 3 is 2.52 bits per heavy atom. The maximum Gasteiger partial charge on any atom is 0.407 e. The van der Waals surface area contributed by atoms with Gasteiger partial charge in [-0.25, -0.2) is 4.79 Å². The molecule has 0 saturated heterocycles. The summed E-state index contributed by atoms with van der Waals surface area (Å²) in [5, 5.41) is 17.7. The van der Waals surface area contributed by atoms with Crippen LogP contribution in [0.15, 0.2) is 36.4 Å². The highest BCUT2D eigenvalue weighted by Gasteiger charge is 2.15. The number of fused-ring (bicyclic) bond motifs is 1. The second kappa shape index (κ2) is 7.22. The van der Waals surface area contributed by atoms with E-state index in [9.17, 15) is 9.90 Å². The van der Waals surface area contributed by atoms with E-state index in [4.69, 9.17) is 4.74 Å². The number of hydrogen-bond acceptors (Lipinski definition) is 4. The van der Waals surface area contributed by atoms with Crippen LogP contribution in [0.1, 0.15) is 27.2 Å². The van der Waals surface area contributed by atoms with E-state index in [1.165, 1.54) is 0 Å². The number of alkyl carbamates (subject to hydrolysis) is 1. The largest absolute Gasteiger partial charge is 0.507 e. The van der Waals surface area contributed by atoms with Gasteiger partial charge < -0.3 is 20.5 Å². The van der Waals surface area contributed by atoms with Crippen LogP contribution in [-0.2, 0) is 4.74 Å². The van der Waals surface area contributed by atoms with Gasteiger partial charge in [0.15, 0.2) is 0 Å². The molecule has 2 aromatic rings. The lowest BCUT2D eigenvalue weighted by Crippen LogP contribution is -2.33. The van der Waals surface area contributed by atoms with Crippen LogP contribution in [0.25, 0.3) is 10.8 Å². The molecule has 0 aromatic heterocycles. The monoisotopic (exact) mass is 316 g/mol. The number of phenolic OH excluding ortho intramolecular Hbond substituents is 1. The molecule has 0 aliphatic rings. The van der Waals surface area contributed by atoms with E-state index in [-0.39, 0.29) is 5.75 Å². The Labute approximate surface area is 136 Å². The minimum absolute atomic E-state index is 0.276. The standard InChI is InChI=1S/C18H24N2O3/c1-18(2,3)23-17(22)20-12-6-11-19-15-9-4-8-14-13(15)7-5-10-16(14)21/h4-5,7-10,19,21H,6,11-12H2,1-3H3,(H,20,22). The zero-order valence-corrected chi connectivity index (χ0v) is 13.8. The molecule has 0 unspecified atom stereocenters. The Morgan fingerprint density at radius 2 is 1.78 bits per heavy atom.